The normalized spacial score (nSPS) is 22.5. The molecule has 11 heteroatoms. The van der Waals surface area contributed by atoms with Gasteiger partial charge in [-0.2, -0.15) is 0 Å². The Morgan fingerprint density at radius 3 is 2.44 bits per heavy atom. The largest absolute Gasteiger partial charge is 0.494 e. The average molecular weight is 569 g/mol. The summed E-state index contributed by atoms with van der Waals surface area (Å²) >= 11 is 0. The smallest absolute Gasteiger partial charge is 0.177 e. The number of nitrogens with one attached hydrogen (secondary N) is 1. The van der Waals surface area contributed by atoms with Gasteiger partial charge in [-0.15, -0.1) is 0 Å². The number of hydrogen-bond acceptors (Lipinski definition) is 9. The van der Waals surface area contributed by atoms with Crippen molar-refractivity contribution in [1.29, 1.82) is 0 Å². The van der Waals surface area contributed by atoms with E-state index in [1.165, 1.54) is 26.4 Å². The number of anilines is 2. The number of nitrogens with zero attached hydrogens (tertiary/aromatic N) is 3. The van der Waals surface area contributed by atoms with E-state index < -0.39 is 11.6 Å². The van der Waals surface area contributed by atoms with Gasteiger partial charge in [-0.25, -0.2) is 18.7 Å². The van der Waals surface area contributed by atoms with Crippen molar-refractivity contribution < 1.29 is 32.5 Å². The topological polar surface area (TPSA) is 95.0 Å². The van der Waals surface area contributed by atoms with Crippen molar-refractivity contribution in [2.75, 3.05) is 50.7 Å². The Kier molecular flexibility index (Phi) is 8.37. The minimum Gasteiger partial charge on any atom is -0.494 e. The second-order valence-electron chi connectivity index (χ2n) is 10.5. The molecule has 1 N–H and O–H groups in total. The van der Waals surface area contributed by atoms with E-state index in [1.54, 1.807) is 12.3 Å². The molecule has 0 aliphatic carbocycles. The summed E-state index contributed by atoms with van der Waals surface area (Å²) in [4.78, 5) is 23.4. The van der Waals surface area contributed by atoms with Crippen molar-refractivity contribution in [1.82, 2.24) is 9.97 Å². The molecule has 5 rings (SSSR count). The molecule has 0 radical (unpaired) electrons. The van der Waals surface area contributed by atoms with Gasteiger partial charge < -0.3 is 29.2 Å². The van der Waals surface area contributed by atoms with Gasteiger partial charge in [0.05, 0.1) is 56.9 Å². The van der Waals surface area contributed by atoms with E-state index in [4.69, 9.17) is 23.9 Å². The lowest BCUT2D eigenvalue weighted by atomic mass is 9.97. The summed E-state index contributed by atoms with van der Waals surface area (Å²) in [5.74, 6) is -0.997. The summed E-state index contributed by atoms with van der Waals surface area (Å²) in [5.41, 5.74) is -0.264. The molecule has 41 heavy (non-hydrogen) atoms. The highest BCUT2D eigenvalue weighted by Gasteiger charge is 2.31. The molecule has 3 aromatic rings. The lowest BCUT2D eigenvalue weighted by Gasteiger charge is -2.36. The highest BCUT2D eigenvalue weighted by atomic mass is 19.1. The van der Waals surface area contributed by atoms with Crippen molar-refractivity contribution in [3.8, 4) is 22.8 Å². The van der Waals surface area contributed by atoms with E-state index in [0.29, 0.717) is 49.7 Å². The van der Waals surface area contributed by atoms with Gasteiger partial charge in [-0.3, -0.25) is 4.79 Å². The summed E-state index contributed by atoms with van der Waals surface area (Å²) < 4.78 is 52.9. The molecule has 2 aliphatic rings. The van der Waals surface area contributed by atoms with Gasteiger partial charge in [-0.05, 0) is 32.1 Å². The maximum atomic E-state index is 15.5. The van der Waals surface area contributed by atoms with Crippen LogP contribution in [0.25, 0.3) is 22.0 Å². The molecule has 2 aromatic heterocycles. The summed E-state index contributed by atoms with van der Waals surface area (Å²) in [7, 11) is 2.61. The quantitative estimate of drug-likeness (QED) is 0.366. The zero-order chi connectivity index (χ0) is 29.3. The molecule has 2 unspecified atom stereocenters. The first-order valence-electron chi connectivity index (χ1n) is 13.5. The lowest BCUT2D eigenvalue weighted by molar-refractivity contribution is -0.115. The van der Waals surface area contributed by atoms with E-state index in [9.17, 15) is 4.79 Å². The zero-order valence-electron chi connectivity index (χ0n) is 23.6. The van der Waals surface area contributed by atoms with Crippen LogP contribution in [0.3, 0.4) is 0 Å². The standard InChI is InChI=1S/C30H34F2N4O5/c1-6-20(37)7-19-14-40-15-23(19)34-26-9-21-18(11-33-26)8-22(35-30(21)36-12-16(2)41-17(3)13-36)27-28(31)24(38-4)10-25(39-5)29(27)32/h6,8-11,16-17,19,23H,1,7,12-15H2,2-5H3,(H,33,34)/t16?,17?,19-,23+/m0/s1. The van der Waals surface area contributed by atoms with E-state index in [2.05, 4.69) is 21.8 Å². The van der Waals surface area contributed by atoms with Crippen molar-refractivity contribution >= 4 is 28.2 Å². The van der Waals surface area contributed by atoms with E-state index in [1.807, 2.05) is 19.9 Å². The molecule has 2 aliphatic heterocycles. The van der Waals surface area contributed by atoms with Gasteiger partial charge >= 0.3 is 0 Å². The first kappa shape index (κ1) is 28.7. The summed E-state index contributed by atoms with van der Waals surface area (Å²) in [6.07, 6.45) is 3.14. The Labute approximate surface area is 237 Å². The van der Waals surface area contributed by atoms with Crippen LogP contribution in [0, 0.1) is 17.6 Å². The summed E-state index contributed by atoms with van der Waals surface area (Å²) in [6.45, 7) is 9.49. The minimum atomic E-state index is -0.875. The monoisotopic (exact) mass is 568 g/mol. The SMILES string of the molecule is C=CC(=O)C[C@H]1COC[C@H]1Nc1cc2c(N3CC(C)OC(C)C3)nc(-c3c(F)c(OC)cc(OC)c3F)cc2cn1. The molecule has 0 saturated carbocycles. The first-order chi connectivity index (χ1) is 19.7. The Hall–Kier alpha value is -3.83. The number of morpholine rings is 1. The number of carbonyl (C=O) groups excluding carboxylic acids is 1. The number of fused-ring (bicyclic) bond motifs is 1. The fourth-order valence-electron chi connectivity index (χ4n) is 5.53. The number of aromatic nitrogens is 2. The third kappa shape index (κ3) is 5.82. The zero-order valence-corrected chi connectivity index (χ0v) is 23.6. The second-order valence-corrected chi connectivity index (χ2v) is 10.5. The molecule has 4 atom stereocenters. The Bertz CT molecular complexity index is 1430. The van der Waals surface area contributed by atoms with Gasteiger partial charge in [0.2, 0.25) is 0 Å². The molecule has 2 fully saturated rings. The van der Waals surface area contributed by atoms with Crippen LogP contribution in [0.15, 0.2) is 37.1 Å². The highest BCUT2D eigenvalue weighted by molar-refractivity contribution is 5.96. The van der Waals surface area contributed by atoms with Gasteiger partial charge in [-0.1, -0.05) is 6.58 Å². The number of halogens is 2. The van der Waals surface area contributed by atoms with Crippen LogP contribution in [-0.2, 0) is 14.3 Å². The number of hydrogen-bond donors (Lipinski definition) is 1. The van der Waals surface area contributed by atoms with Gasteiger partial charge in [0.15, 0.2) is 28.9 Å². The predicted molar refractivity (Wildman–Crippen MR) is 152 cm³/mol. The first-order valence-corrected chi connectivity index (χ1v) is 13.5. The Morgan fingerprint density at radius 2 is 1.80 bits per heavy atom. The third-order valence-corrected chi connectivity index (χ3v) is 7.47. The number of pyridine rings is 2. The van der Waals surface area contributed by atoms with Crippen LogP contribution >= 0.6 is 0 Å². The van der Waals surface area contributed by atoms with Gasteiger partial charge in [0.1, 0.15) is 11.6 Å². The van der Waals surface area contributed by atoms with E-state index >= 15 is 8.78 Å². The van der Waals surface area contributed by atoms with Gasteiger partial charge in [0, 0.05) is 48.5 Å². The van der Waals surface area contributed by atoms with Crippen molar-refractivity contribution in [2.45, 2.75) is 38.5 Å². The molecule has 0 spiro atoms. The van der Waals surface area contributed by atoms with E-state index in [-0.39, 0.29) is 52.7 Å². The lowest BCUT2D eigenvalue weighted by Crippen LogP contribution is -2.46. The summed E-state index contributed by atoms with van der Waals surface area (Å²) in [5, 5.41) is 4.80. The molecule has 0 bridgehead atoms. The fraction of sp³-hybridized carbons (Fsp3) is 0.433. The number of methoxy groups -OCH3 is 2. The summed E-state index contributed by atoms with van der Waals surface area (Å²) in [6, 6.07) is 4.53. The maximum Gasteiger partial charge on any atom is 0.177 e. The van der Waals surface area contributed by atoms with Crippen LogP contribution in [0.5, 0.6) is 11.5 Å². The number of benzene rings is 1. The molecular weight excluding hydrogens is 534 g/mol. The average Bonchev–Trinajstić information content (AvgIpc) is 3.38. The van der Waals surface area contributed by atoms with Crippen LogP contribution in [0.2, 0.25) is 0 Å². The number of carbonyl (C=O) groups is 1. The van der Waals surface area contributed by atoms with Crippen LogP contribution in [0.1, 0.15) is 20.3 Å². The Morgan fingerprint density at radius 1 is 1.12 bits per heavy atom. The maximum absolute atomic E-state index is 15.5. The van der Waals surface area contributed by atoms with Crippen LogP contribution in [0.4, 0.5) is 20.4 Å². The second kappa shape index (κ2) is 12.0. The molecular formula is C30H34F2N4O5. The Balaban J connectivity index is 1.61. The molecule has 4 heterocycles. The van der Waals surface area contributed by atoms with Gasteiger partial charge in [0.25, 0.3) is 0 Å². The van der Waals surface area contributed by atoms with Crippen LogP contribution in [-0.4, -0.2) is 74.5 Å². The molecule has 1 aromatic carbocycles. The van der Waals surface area contributed by atoms with Crippen molar-refractivity contribution in [3.05, 3.63) is 48.7 Å². The number of ketones is 1. The molecule has 0 amide bonds. The van der Waals surface area contributed by atoms with E-state index in [0.717, 1.165) is 5.39 Å². The molecule has 2 saturated heterocycles. The van der Waals surface area contributed by atoms with Crippen LogP contribution < -0.4 is 19.7 Å². The highest BCUT2D eigenvalue weighted by Crippen LogP contribution is 2.40. The fourth-order valence-corrected chi connectivity index (χ4v) is 5.53. The predicted octanol–water partition coefficient (Wildman–Crippen LogP) is 4.78. The number of rotatable bonds is 9. The van der Waals surface area contributed by atoms with Crippen molar-refractivity contribution in [3.63, 3.8) is 0 Å². The number of allylic oxidation sites excluding steroid dienone is 1. The molecule has 9 nitrogen and oxygen atoms in total. The molecule has 218 valence electrons. The third-order valence-electron chi connectivity index (χ3n) is 7.47. The number of ether oxygens (including phenoxy) is 4. The van der Waals surface area contributed by atoms with Crippen molar-refractivity contribution in [2.24, 2.45) is 5.92 Å². The minimum absolute atomic E-state index is 0.0205.